The summed E-state index contributed by atoms with van der Waals surface area (Å²) in [6.07, 6.45) is 3.16. The molecular weight excluding hydrogens is 318 g/mol. The monoisotopic (exact) mass is 337 g/mol. The number of pyridine rings is 1. The molecule has 0 bridgehead atoms. The second-order valence-electron chi connectivity index (χ2n) is 5.50. The summed E-state index contributed by atoms with van der Waals surface area (Å²) in [4.78, 5) is 24.6. The Morgan fingerprint density at radius 1 is 1.28 bits per heavy atom. The van der Waals surface area contributed by atoms with Crippen LogP contribution in [0.2, 0.25) is 0 Å². The smallest absolute Gasteiger partial charge is 0.271 e. The number of amides is 1. The van der Waals surface area contributed by atoms with Crippen LogP contribution in [-0.2, 0) is 6.54 Å². The van der Waals surface area contributed by atoms with E-state index in [1.165, 1.54) is 11.2 Å². The molecule has 3 rings (SSSR count). The normalized spacial score (nSPS) is 10.5. The van der Waals surface area contributed by atoms with Gasteiger partial charge in [0, 0.05) is 32.2 Å². The second-order valence-corrected chi connectivity index (χ2v) is 5.50. The molecule has 0 atom stereocenters. The third-order valence-corrected chi connectivity index (χ3v) is 3.67. The highest BCUT2D eigenvalue weighted by Crippen LogP contribution is 2.20. The van der Waals surface area contributed by atoms with Gasteiger partial charge in [0.15, 0.2) is 11.6 Å². The van der Waals surface area contributed by atoms with E-state index in [0.717, 1.165) is 16.5 Å². The Balaban J connectivity index is 1.86. The number of aromatic nitrogens is 3. The van der Waals surface area contributed by atoms with Crippen LogP contribution in [0.25, 0.3) is 10.9 Å². The van der Waals surface area contributed by atoms with Gasteiger partial charge in [-0.2, -0.15) is 0 Å². The number of fused-ring (bicyclic) bond motifs is 1. The Morgan fingerprint density at radius 2 is 2.12 bits per heavy atom. The first kappa shape index (κ1) is 16.6. The lowest BCUT2D eigenvalue weighted by atomic mass is 10.1. The summed E-state index contributed by atoms with van der Waals surface area (Å²) in [6, 6.07) is 9.92. The molecule has 2 aromatic heterocycles. The Morgan fingerprint density at radius 3 is 2.88 bits per heavy atom. The van der Waals surface area contributed by atoms with Gasteiger partial charge in [0.2, 0.25) is 0 Å². The van der Waals surface area contributed by atoms with Crippen LogP contribution in [0.1, 0.15) is 16.1 Å². The minimum absolute atomic E-state index is 0.221. The van der Waals surface area contributed by atoms with Crippen molar-refractivity contribution in [1.29, 1.82) is 0 Å². The Labute approximate surface area is 145 Å². The van der Waals surface area contributed by atoms with Crippen molar-refractivity contribution in [2.24, 2.45) is 5.84 Å². The molecule has 8 heteroatoms. The largest absolute Gasteiger partial charge is 0.363 e. The van der Waals surface area contributed by atoms with Crippen LogP contribution in [0.15, 0.2) is 42.7 Å². The first-order valence-electron chi connectivity index (χ1n) is 7.73. The molecule has 0 aliphatic heterocycles. The first-order valence-corrected chi connectivity index (χ1v) is 7.73. The van der Waals surface area contributed by atoms with E-state index in [-0.39, 0.29) is 11.6 Å². The van der Waals surface area contributed by atoms with E-state index < -0.39 is 0 Å². The Bertz CT molecular complexity index is 910. The molecule has 4 N–H and O–H groups in total. The maximum absolute atomic E-state index is 11.8. The van der Waals surface area contributed by atoms with E-state index in [1.54, 1.807) is 20.3 Å². The van der Waals surface area contributed by atoms with Gasteiger partial charge >= 0.3 is 0 Å². The molecule has 1 aromatic carbocycles. The maximum Gasteiger partial charge on any atom is 0.271 e. The summed E-state index contributed by atoms with van der Waals surface area (Å²) < 4.78 is 0. The predicted molar refractivity (Wildman–Crippen MR) is 97.1 cm³/mol. The fraction of sp³-hybridized carbons (Fsp3) is 0.176. The van der Waals surface area contributed by atoms with Crippen LogP contribution >= 0.6 is 0 Å². The SMILES string of the molecule is CNC(=O)c1cnc(N(C)N)c(NCc2ccc3ncccc3c2)n1. The zero-order valence-corrected chi connectivity index (χ0v) is 14.0. The van der Waals surface area contributed by atoms with Crippen LogP contribution < -0.4 is 21.5 Å². The molecule has 0 aliphatic rings. The van der Waals surface area contributed by atoms with Crippen molar-refractivity contribution in [2.45, 2.75) is 6.54 Å². The number of nitrogens with two attached hydrogens (primary N) is 1. The number of hydrazine groups is 1. The van der Waals surface area contributed by atoms with Crippen molar-refractivity contribution in [3.63, 3.8) is 0 Å². The van der Waals surface area contributed by atoms with Gasteiger partial charge in [0.25, 0.3) is 5.91 Å². The number of nitrogens with one attached hydrogen (secondary N) is 2. The Kier molecular flexibility index (Phi) is 4.71. The van der Waals surface area contributed by atoms with Gasteiger partial charge < -0.3 is 10.6 Å². The molecule has 1 amide bonds. The zero-order valence-electron chi connectivity index (χ0n) is 14.0. The van der Waals surface area contributed by atoms with Crippen molar-refractivity contribution in [1.82, 2.24) is 20.3 Å². The molecule has 0 saturated heterocycles. The highest BCUT2D eigenvalue weighted by molar-refractivity contribution is 5.92. The molecule has 0 unspecified atom stereocenters. The zero-order chi connectivity index (χ0) is 17.8. The molecule has 25 heavy (non-hydrogen) atoms. The lowest BCUT2D eigenvalue weighted by Gasteiger charge is -2.16. The average Bonchev–Trinajstić information content (AvgIpc) is 2.65. The van der Waals surface area contributed by atoms with Gasteiger partial charge in [-0.1, -0.05) is 12.1 Å². The average molecular weight is 337 g/mol. The highest BCUT2D eigenvalue weighted by atomic mass is 16.1. The van der Waals surface area contributed by atoms with Crippen LogP contribution in [0.5, 0.6) is 0 Å². The molecule has 0 radical (unpaired) electrons. The van der Waals surface area contributed by atoms with E-state index in [9.17, 15) is 4.79 Å². The predicted octanol–water partition coefficient (Wildman–Crippen LogP) is 1.31. The minimum atomic E-state index is -0.307. The molecule has 0 spiro atoms. The molecule has 0 fully saturated rings. The molecule has 3 aromatic rings. The van der Waals surface area contributed by atoms with E-state index in [0.29, 0.717) is 18.2 Å². The van der Waals surface area contributed by atoms with Gasteiger partial charge in [-0.05, 0) is 23.8 Å². The van der Waals surface area contributed by atoms with Crippen molar-refractivity contribution < 1.29 is 4.79 Å². The molecular formula is C17H19N7O. The molecule has 0 saturated carbocycles. The lowest BCUT2D eigenvalue weighted by Crippen LogP contribution is -2.28. The van der Waals surface area contributed by atoms with Crippen LogP contribution in [0.4, 0.5) is 11.6 Å². The third kappa shape index (κ3) is 3.64. The molecule has 0 aliphatic carbocycles. The fourth-order valence-corrected chi connectivity index (χ4v) is 2.42. The third-order valence-electron chi connectivity index (χ3n) is 3.67. The number of carbonyl (C=O) groups is 1. The molecule has 128 valence electrons. The number of hydrogen-bond donors (Lipinski definition) is 3. The Hall–Kier alpha value is -3.26. The van der Waals surface area contributed by atoms with Gasteiger partial charge in [0.1, 0.15) is 5.69 Å². The highest BCUT2D eigenvalue weighted by Gasteiger charge is 2.13. The van der Waals surface area contributed by atoms with Crippen LogP contribution in [0.3, 0.4) is 0 Å². The van der Waals surface area contributed by atoms with Crippen molar-refractivity contribution in [2.75, 3.05) is 24.4 Å². The fourth-order valence-electron chi connectivity index (χ4n) is 2.42. The summed E-state index contributed by atoms with van der Waals surface area (Å²) in [7, 11) is 3.21. The number of anilines is 2. The summed E-state index contributed by atoms with van der Waals surface area (Å²) in [5.74, 6) is 6.39. The number of benzene rings is 1. The minimum Gasteiger partial charge on any atom is -0.363 e. The molecule has 2 heterocycles. The summed E-state index contributed by atoms with van der Waals surface area (Å²) in [5, 5.41) is 8.14. The van der Waals surface area contributed by atoms with E-state index in [1.807, 2.05) is 24.3 Å². The summed E-state index contributed by atoms with van der Waals surface area (Å²) in [5.41, 5.74) is 2.21. The van der Waals surface area contributed by atoms with Gasteiger partial charge in [-0.25, -0.2) is 15.8 Å². The van der Waals surface area contributed by atoms with E-state index in [2.05, 4.69) is 31.7 Å². The van der Waals surface area contributed by atoms with Crippen molar-refractivity contribution >= 4 is 28.4 Å². The summed E-state index contributed by atoms with van der Waals surface area (Å²) in [6.45, 7) is 0.511. The van der Waals surface area contributed by atoms with E-state index >= 15 is 0 Å². The molecule has 8 nitrogen and oxygen atoms in total. The lowest BCUT2D eigenvalue weighted by molar-refractivity contribution is 0.0958. The van der Waals surface area contributed by atoms with Crippen LogP contribution in [-0.4, -0.2) is 35.0 Å². The van der Waals surface area contributed by atoms with Crippen molar-refractivity contribution in [3.8, 4) is 0 Å². The number of rotatable bonds is 5. The van der Waals surface area contributed by atoms with Crippen LogP contribution in [0, 0.1) is 0 Å². The topological polar surface area (TPSA) is 109 Å². The second kappa shape index (κ2) is 7.10. The first-order chi connectivity index (χ1) is 12.1. The van der Waals surface area contributed by atoms with E-state index in [4.69, 9.17) is 5.84 Å². The standard InChI is InChI=1S/C17H19N7O/c1-19-17(25)14-10-22-16(24(2)18)15(23-14)21-9-11-5-6-13-12(8-11)4-3-7-20-13/h3-8,10H,9,18H2,1-2H3,(H,19,25)(H,21,23). The quantitative estimate of drug-likeness (QED) is 0.475. The maximum atomic E-state index is 11.8. The van der Waals surface area contributed by atoms with Gasteiger partial charge in [-0.3, -0.25) is 14.8 Å². The number of carbonyl (C=O) groups excluding carboxylic acids is 1. The summed E-state index contributed by atoms with van der Waals surface area (Å²) >= 11 is 0. The number of nitrogens with zero attached hydrogens (tertiary/aromatic N) is 4. The van der Waals surface area contributed by atoms with Gasteiger partial charge in [0.05, 0.1) is 11.7 Å². The van der Waals surface area contributed by atoms with Gasteiger partial charge in [-0.15, -0.1) is 0 Å². The number of hydrogen-bond acceptors (Lipinski definition) is 7. The van der Waals surface area contributed by atoms with Crippen molar-refractivity contribution in [3.05, 3.63) is 54.0 Å².